The second kappa shape index (κ2) is 19.1. The number of carbonyl (C=O) groups excluding carboxylic acids is 2. The van der Waals surface area contributed by atoms with Crippen LogP contribution in [-0.4, -0.2) is 56.3 Å². The maximum Gasteiger partial charge on any atom is 0.332 e. The Morgan fingerprint density at radius 1 is 0.774 bits per heavy atom. The summed E-state index contributed by atoms with van der Waals surface area (Å²) in [6.07, 6.45) is 11.8. The van der Waals surface area contributed by atoms with Gasteiger partial charge in [-0.1, -0.05) is 64.0 Å². The lowest BCUT2D eigenvalue weighted by molar-refractivity contribution is -0.150. The Morgan fingerprint density at radius 3 is 2.10 bits per heavy atom. The molecule has 31 heavy (non-hydrogen) atoms. The molecule has 180 valence electrons. The van der Waals surface area contributed by atoms with E-state index in [-0.39, 0.29) is 24.7 Å². The van der Waals surface area contributed by atoms with Crippen molar-refractivity contribution in [2.24, 2.45) is 0 Å². The number of hydrogen-bond acceptors (Lipinski definition) is 6. The summed E-state index contributed by atoms with van der Waals surface area (Å²) in [6.45, 7) is 2.18. The molecule has 0 amide bonds. The van der Waals surface area contributed by atoms with Gasteiger partial charge in [0, 0.05) is 19.3 Å². The lowest BCUT2D eigenvalue weighted by atomic mass is 10.0. The van der Waals surface area contributed by atoms with Crippen LogP contribution in [0.2, 0.25) is 0 Å². The maximum atomic E-state index is 11.8. The van der Waals surface area contributed by atoms with Crippen molar-refractivity contribution in [1.29, 1.82) is 0 Å². The van der Waals surface area contributed by atoms with Gasteiger partial charge in [-0.2, -0.15) is 0 Å². The van der Waals surface area contributed by atoms with Gasteiger partial charge in [-0.3, -0.25) is 9.59 Å². The van der Waals surface area contributed by atoms with E-state index in [0.717, 1.165) is 51.4 Å². The largest absolute Gasteiger partial charge is 0.479 e. The summed E-state index contributed by atoms with van der Waals surface area (Å²) in [5, 5.41) is 37.2. The van der Waals surface area contributed by atoms with Crippen molar-refractivity contribution in [3.63, 3.8) is 0 Å². The molecule has 0 aliphatic carbocycles. The molecule has 0 spiro atoms. The number of aliphatic hydroxyl groups excluding tert-OH is 3. The second-order valence-corrected chi connectivity index (χ2v) is 8.30. The molecule has 0 rings (SSSR count). The number of hydrogen-bond donors (Lipinski definition) is 4. The Hall–Kier alpha value is -1.57. The molecule has 3 atom stereocenters. The Morgan fingerprint density at radius 2 is 1.42 bits per heavy atom. The monoisotopic (exact) mass is 442 g/mol. The molecule has 4 N–H and O–H groups in total. The molecule has 0 radical (unpaired) electrons. The van der Waals surface area contributed by atoms with E-state index in [1.807, 2.05) is 0 Å². The average molecular weight is 443 g/mol. The van der Waals surface area contributed by atoms with Gasteiger partial charge in [0.1, 0.15) is 11.9 Å². The molecule has 0 saturated carbocycles. The summed E-state index contributed by atoms with van der Waals surface area (Å²) in [7, 11) is 0. The molecule has 0 aliphatic rings. The van der Waals surface area contributed by atoms with Crippen molar-refractivity contribution < 1.29 is 34.8 Å². The molecule has 0 bridgehead atoms. The normalized spacial score (nSPS) is 14.5. The molecule has 0 aromatic heterocycles. The number of ketones is 2. The van der Waals surface area contributed by atoms with Gasteiger partial charge in [0.25, 0.3) is 0 Å². The van der Waals surface area contributed by atoms with Gasteiger partial charge in [-0.05, 0) is 32.1 Å². The minimum absolute atomic E-state index is 0.234. The lowest BCUT2D eigenvalue weighted by Crippen LogP contribution is -2.30. The predicted molar refractivity (Wildman–Crippen MR) is 120 cm³/mol. The topological polar surface area (TPSA) is 132 Å². The van der Waals surface area contributed by atoms with Crippen molar-refractivity contribution in [3.8, 4) is 0 Å². The Bertz CT molecular complexity index is 530. The highest BCUT2D eigenvalue weighted by Gasteiger charge is 2.24. The first-order valence-electron chi connectivity index (χ1n) is 11.7. The summed E-state index contributed by atoms with van der Waals surface area (Å²) in [5.41, 5.74) is 0. The zero-order valence-electron chi connectivity index (χ0n) is 19.0. The number of carboxylic acid groups (broad SMARTS) is 1. The smallest absolute Gasteiger partial charge is 0.332 e. The van der Waals surface area contributed by atoms with Gasteiger partial charge >= 0.3 is 5.97 Å². The molecule has 0 saturated heterocycles. The molecule has 0 heterocycles. The fourth-order valence-corrected chi connectivity index (χ4v) is 3.26. The third-order valence-corrected chi connectivity index (χ3v) is 5.26. The van der Waals surface area contributed by atoms with Crippen LogP contribution in [0.25, 0.3) is 0 Å². The molecule has 0 fully saturated rings. The van der Waals surface area contributed by atoms with E-state index in [1.165, 1.54) is 19.3 Å². The van der Waals surface area contributed by atoms with Gasteiger partial charge in [0.05, 0.1) is 6.10 Å². The molecule has 7 heteroatoms. The van der Waals surface area contributed by atoms with Gasteiger partial charge in [-0.15, -0.1) is 0 Å². The third kappa shape index (κ3) is 17.8. The fraction of sp³-hybridized carbons (Fsp3) is 0.792. The van der Waals surface area contributed by atoms with E-state index in [1.54, 1.807) is 0 Å². The minimum atomic E-state index is -1.85. The van der Waals surface area contributed by atoms with Crippen LogP contribution in [0.4, 0.5) is 0 Å². The minimum Gasteiger partial charge on any atom is -0.479 e. The van der Waals surface area contributed by atoms with Crippen molar-refractivity contribution in [3.05, 3.63) is 12.2 Å². The first kappa shape index (κ1) is 29.4. The number of aliphatic hydroxyl groups is 3. The molecule has 0 aromatic rings. The molecule has 0 aliphatic heterocycles. The first-order valence-corrected chi connectivity index (χ1v) is 11.7. The molecule has 7 nitrogen and oxygen atoms in total. The number of rotatable bonds is 21. The van der Waals surface area contributed by atoms with Crippen molar-refractivity contribution >= 4 is 17.5 Å². The maximum absolute atomic E-state index is 11.8. The number of aliphatic carboxylic acids is 1. The summed E-state index contributed by atoms with van der Waals surface area (Å²) in [6, 6.07) is 0. The molecular weight excluding hydrogens is 400 g/mol. The van der Waals surface area contributed by atoms with Crippen LogP contribution in [0.15, 0.2) is 12.2 Å². The van der Waals surface area contributed by atoms with Crippen molar-refractivity contribution in [2.45, 2.75) is 122 Å². The number of allylic oxidation sites excluding steroid dienone is 1. The zero-order valence-corrected chi connectivity index (χ0v) is 19.0. The number of unbranched alkanes of at least 4 members (excludes halogenated alkanes) is 8. The summed E-state index contributed by atoms with van der Waals surface area (Å²) < 4.78 is 0. The van der Waals surface area contributed by atoms with Crippen LogP contribution in [0.5, 0.6) is 0 Å². The van der Waals surface area contributed by atoms with Gasteiger partial charge in [0.2, 0.25) is 0 Å². The summed E-state index contributed by atoms with van der Waals surface area (Å²) in [5.74, 6) is -2.60. The van der Waals surface area contributed by atoms with Gasteiger partial charge in [-0.25, -0.2) is 4.79 Å². The van der Waals surface area contributed by atoms with E-state index < -0.39 is 30.4 Å². The Kier molecular flexibility index (Phi) is 18.2. The Labute approximate surface area is 186 Å². The zero-order chi connectivity index (χ0) is 23.5. The standard InChI is InChI=1S/C24H42O7/c1-2-3-4-11-14-19(25)15-12-9-7-5-6-8-10-13-16-20(26)17-21(27)22(28)18-23(29)24(30)31/h9,12,19,21,23,25,27,29H,2-8,10-11,13-18H2,1H3,(H,30,31)/b12-9-/t19-,21?,23?/m1/s1. The van der Waals surface area contributed by atoms with Gasteiger partial charge < -0.3 is 20.4 Å². The Balaban J connectivity index is 3.64. The fourth-order valence-electron chi connectivity index (χ4n) is 3.26. The SMILES string of the molecule is CCCCCC[C@@H](O)C/C=C\CCCCCCCC(=O)CC(O)C(=O)CC(O)C(=O)O. The predicted octanol–water partition coefficient (Wildman–Crippen LogP) is 3.72. The number of Topliss-reactive ketones (excluding diaryl/α,β-unsaturated/α-hetero) is 2. The quantitative estimate of drug-likeness (QED) is 0.157. The third-order valence-electron chi connectivity index (χ3n) is 5.26. The van der Waals surface area contributed by atoms with Crippen molar-refractivity contribution in [2.75, 3.05) is 0 Å². The van der Waals surface area contributed by atoms with E-state index in [0.29, 0.717) is 6.42 Å². The molecular formula is C24H42O7. The molecule has 2 unspecified atom stereocenters. The van der Waals surface area contributed by atoms with Crippen LogP contribution in [0.3, 0.4) is 0 Å². The summed E-state index contributed by atoms with van der Waals surface area (Å²) in [4.78, 5) is 33.9. The van der Waals surface area contributed by atoms with E-state index >= 15 is 0 Å². The lowest BCUT2D eigenvalue weighted by Gasteiger charge is -2.10. The van der Waals surface area contributed by atoms with E-state index in [9.17, 15) is 24.6 Å². The van der Waals surface area contributed by atoms with E-state index in [2.05, 4.69) is 19.1 Å². The highest BCUT2D eigenvalue weighted by Crippen LogP contribution is 2.12. The van der Waals surface area contributed by atoms with Crippen LogP contribution in [0, 0.1) is 0 Å². The second-order valence-electron chi connectivity index (χ2n) is 8.30. The van der Waals surface area contributed by atoms with Crippen molar-refractivity contribution in [1.82, 2.24) is 0 Å². The van der Waals surface area contributed by atoms with Crippen LogP contribution >= 0.6 is 0 Å². The summed E-state index contributed by atoms with van der Waals surface area (Å²) >= 11 is 0. The average Bonchev–Trinajstić information content (AvgIpc) is 2.72. The highest BCUT2D eigenvalue weighted by atomic mass is 16.4. The highest BCUT2D eigenvalue weighted by molar-refractivity contribution is 5.91. The van der Waals surface area contributed by atoms with Crippen LogP contribution in [0.1, 0.15) is 103 Å². The first-order chi connectivity index (χ1) is 14.8. The molecule has 0 aromatic carbocycles. The van der Waals surface area contributed by atoms with Crippen LogP contribution < -0.4 is 0 Å². The number of carboxylic acids is 1. The van der Waals surface area contributed by atoms with Gasteiger partial charge in [0.15, 0.2) is 11.9 Å². The number of carbonyl (C=O) groups is 3. The van der Waals surface area contributed by atoms with E-state index in [4.69, 9.17) is 10.2 Å². The van der Waals surface area contributed by atoms with Crippen LogP contribution in [-0.2, 0) is 14.4 Å².